The van der Waals surface area contributed by atoms with Gasteiger partial charge < -0.3 is 15.7 Å². The average Bonchev–Trinajstić information content (AvgIpc) is 3.42. The molecule has 0 bridgehead atoms. The van der Waals surface area contributed by atoms with Crippen molar-refractivity contribution in [2.75, 3.05) is 13.1 Å². The van der Waals surface area contributed by atoms with E-state index >= 15 is 0 Å². The fourth-order valence-corrected chi connectivity index (χ4v) is 4.44. The zero-order valence-electron chi connectivity index (χ0n) is 17.3. The van der Waals surface area contributed by atoms with Crippen LogP contribution in [0.2, 0.25) is 0 Å². The van der Waals surface area contributed by atoms with Gasteiger partial charge in [0, 0.05) is 23.2 Å². The molecule has 3 rings (SSSR count). The summed E-state index contributed by atoms with van der Waals surface area (Å²) in [6.07, 6.45) is 1.94. The molecule has 0 radical (unpaired) electrons. The molecule has 1 atom stereocenters. The van der Waals surface area contributed by atoms with Crippen molar-refractivity contribution in [1.29, 1.82) is 0 Å². The van der Waals surface area contributed by atoms with Crippen molar-refractivity contribution in [3.8, 4) is 0 Å². The Kier molecular flexibility index (Phi) is 10.2. The van der Waals surface area contributed by atoms with E-state index < -0.39 is 5.60 Å². The molecule has 0 saturated carbocycles. The second-order valence-corrected chi connectivity index (χ2v) is 8.91. The van der Waals surface area contributed by atoms with E-state index in [0.29, 0.717) is 19.0 Å². The van der Waals surface area contributed by atoms with Crippen molar-refractivity contribution in [3.05, 3.63) is 74.4 Å². The van der Waals surface area contributed by atoms with Crippen LogP contribution in [-0.2, 0) is 25.0 Å². The van der Waals surface area contributed by atoms with Crippen LogP contribution in [0.1, 0.15) is 35.0 Å². The number of thiophene rings is 1. The summed E-state index contributed by atoms with van der Waals surface area (Å²) in [7, 11) is 0. The van der Waals surface area contributed by atoms with Crippen molar-refractivity contribution in [2.24, 2.45) is 4.99 Å². The van der Waals surface area contributed by atoms with Crippen molar-refractivity contribution >= 4 is 52.6 Å². The first-order valence-electron chi connectivity index (χ1n) is 9.82. The van der Waals surface area contributed by atoms with Crippen LogP contribution in [0.4, 0.5) is 0 Å². The number of hydrogen-bond acceptors (Lipinski definition) is 5. The van der Waals surface area contributed by atoms with Gasteiger partial charge in [-0.3, -0.25) is 0 Å². The topological polar surface area (TPSA) is 69.5 Å². The Bertz CT molecular complexity index is 895. The fourth-order valence-electron chi connectivity index (χ4n) is 2.86. The molecule has 162 valence electrons. The molecule has 0 aliphatic rings. The number of thiazole rings is 1. The third-order valence-electron chi connectivity index (χ3n) is 4.47. The van der Waals surface area contributed by atoms with E-state index in [1.807, 2.05) is 37.4 Å². The zero-order chi connectivity index (χ0) is 20.5. The molecule has 5 nitrogen and oxygen atoms in total. The number of aryl methyl sites for hydroxylation is 2. The predicted octanol–water partition coefficient (Wildman–Crippen LogP) is 4.57. The minimum absolute atomic E-state index is 0. The average molecular weight is 557 g/mol. The van der Waals surface area contributed by atoms with E-state index in [1.54, 1.807) is 22.7 Å². The molecule has 2 aromatic heterocycles. The van der Waals surface area contributed by atoms with Crippen LogP contribution in [0.15, 0.2) is 58.2 Å². The molecule has 0 saturated heterocycles. The van der Waals surface area contributed by atoms with Gasteiger partial charge in [0.15, 0.2) is 5.96 Å². The summed E-state index contributed by atoms with van der Waals surface area (Å²) >= 11 is 3.24. The van der Waals surface area contributed by atoms with Gasteiger partial charge in [-0.25, -0.2) is 9.98 Å². The number of aromatic nitrogens is 1. The van der Waals surface area contributed by atoms with E-state index in [-0.39, 0.29) is 24.0 Å². The maximum Gasteiger partial charge on any atom is 0.191 e. The summed E-state index contributed by atoms with van der Waals surface area (Å²) in [5, 5.41) is 22.4. The highest BCUT2D eigenvalue weighted by atomic mass is 127. The molecule has 0 aliphatic carbocycles. The van der Waals surface area contributed by atoms with E-state index in [2.05, 4.69) is 45.3 Å². The van der Waals surface area contributed by atoms with Crippen LogP contribution in [0.25, 0.3) is 0 Å². The standard InChI is InChI=1S/C22H28N4OS2.HI/c1-3-23-21(25-16-22(2,27)19-10-7-13-28-19)24-14-18-15-29-20(26-18)12-11-17-8-5-4-6-9-17;/h4-10,13,15,27H,3,11-12,14,16H2,1-2H3,(H2,23,24,25);1H. The van der Waals surface area contributed by atoms with Crippen LogP contribution in [-0.4, -0.2) is 29.1 Å². The predicted molar refractivity (Wildman–Crippen MR) is 138 cm³/mol. The molecule has 1 aromatic carbocycles. The van der Waals surface area contributed by atoms with Crippen molar-refractivity contribution in [2.45, 2.75) is 38.8 Å². The number of halogens is 1. The van der Waals surface area contributed by atoms with Gasteiger partial charge in [0.05, 0.1) is 23.8 Å². The molecule has 1 unspecified atom stereocenters. The number of aliphatic imine (C=N–C) groups is 1. The summed E-state index contributed by atoms with van der Waals surface area (Å²) in [4.78, 5) is 10.3. The lowest BCUT2D eigenvalue weighted by Gasteiger charge is -2.23. The van der Waals surface area contributed by atoms with Gasteiger partial charge in [0.25, 0.3) is 0 Å². The molecule has 0 aliphatic heterocycles. The quantitative estimate of drug-likeness (QED) is 0.205. The molecular weight excluding hydrogens is 527 g/mol. The molecule has 30 heavy (non-hydrogen) atoms. The first kappa shape index (κ1) is 24.8. The van der Waals surface area contributed by atoms with E-state index in [9.17, 15) is 5.11 Å². The number of nitrogens with one attached hydrogen (secondary N) is 2. The SMILES string of the molecule is CCNC(=NCc1csc(CCc2ccccc2)n1)NCC(C)(O)c1cccs1.I. The molecule has 3 aromatic rings. The Labute approximate surface area is 203 Å². The van der Waals surface area contributed by atoms with E-state index in [4.69, 9.17) is 4.98 Å². The number of benzene rings is 1. The number of aliphatic hydroxyl groups is 1. The van der Waals surface area contributed by atoms with Gasteiger partial charge in [0.1, 0.15) is 5.60 Å². The summed E-state index contributed by atoms with van der Waals surface area (Å²) in [6, 6.07) is 14.4. The Morgan fingerprint density at radius 2 is 1.90 bits per heavy atom. The third kappa shape index (κ3) is 7.64. The molecule has 0 amide bonds. The Hall–Kier alpha value is -1.49. The summed E-state index contributed by atoms with van der Waals surface area (Å²) in [6.45, 7) is 5.50. The fraction of sp³-hybridized carbons (Fsp3) is 0.364. The lowest BCUT2D eigenvalue weighted by molar-refractivity contribution is 0.0655. The van der Waals surface area contributed by atoms with Crippen LogP contribution < -0.4 is 10.6 Å². The summed E-state index contributed by atoms with van der Waals surface area (Å²) in [5.74, 6) is 0.683. The van der Waals surface area contributed by atoms with Crippen LogP contribution >= 0.6 is 46.7 Å². The number of hydrogen-bond donors (Lipinski definition) is 3. The minimum atomic E-state index is -0.935. The van der Waals surface area contributed by atoms with Gasteiger partial charge in [-0.2, -0.15) is 0 Å². The van der Waals surface area contributed by atoms with Gasteiger partial charge in [-0.15, -0.1) is 46.7 Å². The molecule has 8 heteroatoms. The smallest absolute Gasteiger partial charge is 0.191 e. The second-order valence-electron chi connectivity index (χ2n) is 7.02. The van der Waals surface area contributed by atoms with Crippen LogP contribution in [0, 0.1) is 0 Å². The third-order valence-corrected chi connectivity index (χ3v) is 6.55. The van der Waals surface area contributed by atoms with Gasteiger partial charge in [0.2, 0.25) is 0 Å². The maximum absolute atomic E-state index is 10.7. The highest BCUT2D eigenvalue weighted by Crippen LogP contribution is 2.24. The molecule has 0 fully saturated rings. The highest BCUT2D eigenvalue weighted by Gasteiger charge is 2.24. The molecule has 3 N–H and O–H groups in total. The first-order chi connectivity index (χ1) is 14.1. The number of guanidine groups is 1. The summed E-state index contributed by atoms with van der Waals surface area (Å²) in [5.41, 5.74) is 1.37. The van der Waals surface area contributed by atoms with Crippen LogP contribution in [0.3, 0.4) is 0 Å². The van der Waals surface area contributed by atoms with Crippen molar-refractivity contribution in [3.63, 3.8) is 0 Å². The lowest BCUT2D eigenvalue weighted by Crippen LogP contribution is -2.44. The number of nitrogens with zero attached hydrogens (tertiary/aromatic N) is 2. The van der Waals surface area contributed by atoms with E-state index in [1.165, 1.54) is 5.56 Å². The lowest BCUT2D eigenvalue weighted by atomic mass is 10.1. The minimum Gasteiger partial charge on any atom is -0.383 e. The second kappa shape index (κ2) is 12.4. The Morgan fingerprint density at radius 3 is 2.60 bits per heavy atom. The maximum atomic E-state index is 10.7. The Balaban J connectivity index is 0.00000320. The highest BCUT2D eigenvalue weighted by molar-refractivity contribution is 14.0. The molecule has 2 heterocycles. The van der Waals surface area contributed by atoms with Crippen LogP contribution in [0.5, 0.6) is 0 Å². The summed E-state index contributed by atoms with van der Waals surface area (Å²) < 4.78 is 0. The van der Waals surface area contributed by atoms with Gasteiger partial charge in [-0.1, -0.05) is 36.4 Å². The Morgan fingerprint density at radius 1 is 1.10 bits per heavy atom. The van der Waals surface area contributed by atoms with Crippen molar-refractivity contribution < 1.29 is 5.11 Å². The van der Waals surface area contributed by atoms with Crippen molar-refractivity contribution in [1.82, 2.24) is 15.6 Å². The molecular formula is C22H29IN4OS2. The first-order valence-corrected chi connectivity index (χ1v) is 11.6. The van der Waals surface area contributed by atoms with E-state index in [0.717, 1.165) is 35.0 Å². The molecule has 0 spiro atoms. The normalized spacial score (nSPS) is 13.4. The zero-order valence-corrected chi connectivity index (χ0v) is 21.3. The van der Waals surface area contributed by atoms with Gasteiger partial charge >= 0.3 is 0 Å². The number of rotatable bonds is 9. The van der Waals surface area contributed by atoms with Gasteiger partial charge in [-0.05, 0) is 37.3 Å². The monoisotopic (exact) mass is 556 g/mol. The largest absolute Gasteiger partial charge is 0.383 e.